The van der Waals surface area contributed by atoms with E-state index in [-0.39, 0.29) is 11.6 Å². The molecule has 0 aliphatic heterocycles. The van der Waals surface area contributed by atoms with Gasteiger partial charge in [-0.25, -0.2) is 4.79 Å². The van der Waals surface area contributed by atoms with Gasteiger partial charge in [0.25, 0.3) is 5.91 Å². The molecule has 0 radical (unpaired) electrons. The molecule has 0 spiro atoms. The number of carbonyl (C=O) groups is 1. The molecule has 0 saturated heterocycles. The fraction of sp³-hybridized carbons (Fsp3) is 0.0909. The number of aryl methyl sites for hydroxylation is 2. The number of anilines is 1. The topological polar surface area (TPSA) is 56.0 Å². The van der Waals surface area contributed by atoms with Crippen LogP contribution in [0.1, 0.15) is 10.4 Å². The Labute approximate surface area is 156 Å². The Bertz CT molecular complexity index is 1200. The smallest absolute Gasteiger partial charge is 0.322 e. The SMILES string of the molecule is Cn1c(=O)n(C)c2cc(NC(=O)c3ccccc3-c3ccccc3)ccc21. The third kappa shape index (κ3) is 2.93. The number of benzene rings is 3. The first-order valence-electron chi connectivity index (χ1n) is 8.67. The van der Waals surface area contributed by atoms with E-state index in [1.54, 1.807) is 23.2 Å². The summed E-state index contributed by atoms with van der Waals surface area (Å²) >= 11 is 0. The van der Waals surface area contributed by atoms with Crippen molar-refractivity contribution in [2.45, 2.75) is 0 Å². The van der Waals surface area contributed by atoms with Gasteiger partial charge in [0.1, 0.15) is 0 Å². The van der Waals surface area contributed by atoms with Gasteiger partial charge in [-0.3, -0.25) is 13.9 Å². The molecule has 0 aliphatic carbocycles. The van der Waals surface area contributed by atoms with Crippen molar-refractivity contribution in [2.24, 2.45) is 14.1 Å². The second kappa shape index (κ2) is 6.61. The number of rotatable bonds is 3. The highest BCUT2D eigenvalue weighted by Crippen LogP contribution is 2.25. The molecule has 1 amide bonds. The van der Waals surface area contributed by atoms with Gasteiger partial charge in [-0.15, -0.1) is 0 Å². The number of nitrogens with zero attached hydrogens (tertiary/aromatic N) is 2. The Balaban J connectivity index is 1.71. The van der Waals surface area contributed by atoms with Gasteiger partial charge >= 0.3 is 5.69 Å². The van der Waals surface area contributed by atoms with Crippen molar-refractivity contribution < 1.29 is 4.79 Å². The van der Waals surface area contributed by atoms with E-state index in [2.05, 4.69) is 5.32 Å². The molecule has 0 fully saturated rings. The molecule has 0 unspecified atom stereocenters. The normalized spacial score (nSPS) is 10.9. The fourth-order valence-corrected chi connectivity index (χ4v) is 3.33. The summed E-state index contributed by atoms with van der Waals surface area (Å²) in [6.07, 6.45) is 0. The van der Waals surface area contributed by atoms with Crippen LogP contribution in [0.3, 0.4) is 0 Å². The van der Waals surface area contributed by atoms with Gasteiger partial charge in [-0.1, -0.05) is 48.5 Å². The fourth-order valence-electron chi connectivity index (χ4n) is 3.33. The van der Waals surface area contributed by atoms with Crippen LogP contribution in [0.2, 0.25) is 0 Å². The maximum absolute atomic E-state index is 12.9. The van der Waals surface area contributed by atoms with E-state index in [1.807, 2.05) is 72.8 Å². The number of nitrogens with one attached hydrogen (secondary N) is 1. The Morgan fingerprint density at radius 2 is 1.48 bits per heavy atom. The maximum atomic E-state index is 12.9. The average molecular weight is 357 g/mol. The van der Waals surface area contributed by atoms with E-state index in [1.165, 1.54) is 0 Å². The van der Waals surface area contributed by atoms with Crippen molar-refractivity contribution in [3.05, 3.63) is 88.8 Å². The summed E-state index contributed by atoms with van der Waals surface area (Å²) in [4.78, 5) is 25.0. The van der Waals surface area contributed by atoms with Gasteiger partial charge in [-0.2, -0.15) is 0 Å². The lowest BCUT2D eigenvalue weighted by atomic mass is 9.99. The highest BCUT2D eigenvalue weighted by molar-refractivity contribution is 6.09. The zero-order chi connectivity index (χ0) is 19.0. The molecule has 27 heavy (non-hydrogen) atoms. The van der Waals surface area contributed by atoms with Crippen LogP contribution in [0, 0.1) is 0 Å². The lowest BCUT2D eigenvalue weighted by Crippen LogP contribution is -2.19. The van der Waals surface area contributed by atoms with Gasteiger partial charge in [-0.05, 0) is 35.4 Å². The summed E-state index contributed by atoms with van der Waals surface area (Å²) in [6.45, 7) is 0. The molecule has 1 heterocycles. The molecule has 134 valence electrons. The quantitative estimate of drug-likeness (QED) is 0.606. The standard InChI is InChI=1S/C22H19N3O2/c1-24-19-13-12-16(14-20(19)25(2)22(24)27)23-21(26)18-11-7-6-10-17(18)15-8-4-3-5-9-15/h3-14H,1-2H3,(H,23,26). The first kappa shape index (κ1) is 16.8. The van der Waals surface area contributed by atoms with E-state index < -0.39 is 0 Å². The van der Waals surface area contributed by atoms with Crippen LogP contribution in [0.15, 0.2) is 77.6 Å². The predicted octanol–water partition coefficient (Wildman–Crippen LogP) is 3.80. The third-order valence-electron chi connectivity index (χ3n) is 4.79. The number of imidazole rings is 1. The molecular formula is C22H19N3O2. The lowest BCUT2D eigenvalue weighted by molar-refractivity contribution is 0.102. The van der Waals surface area contributed by atoms with Gasteiger partial charge in [0.05, 0.1) is 11.0 Å². The minimum atomic E-state index is -0.185. The van der Waals surface area contributed by atoms with Gasteiger partial charge < -0.3 is 5.32 Å². The van der Waals surface area contributed by atoms with Crippen molar-refractivity contribution in [2.75, 3.05) is 5.32 Å². The zero-order valence-electron chi connectivity index (χ0n) is 15.1. The molecule has 1 N–H and O–H groups in total. The molecule has 0 bridgehead atoms. The Morgan fingerprint density at radius 1 is 0.815 bits per heavy atom. The number of aromatic nitrogens is 2. The molecule has 4 rings (SSSR count). The zero-order valence-corrected chi connectivity index (χ0v) is 15.1. The molecule has 5 heteroatoms. The van der Waals surface area contributed by atoms with E-state index >= 15 is 0 Å². The third-order valence-corrected chi connectivity index (χ3v) is 4.79. The van der Waals surface area contributed by atoms with Crippen molar-refractivity contribution in [1.29, 1.82) is 0 Å². The van der Waals surface area contributed by atoms with E-state index in [0.717, 1.165) is 22.2 Å². The second-order valence-corrected chi connectivity index (χ2v) is 6.47. The summed E-state index contributed by atoms with van der Waals surface area (Å²) < 4.78 is 3.16. The lowest BCUT2D eigenvalue weighted by Gasteiger charge is -2.11. The number of carbonyl (C=O) groups excluding carboxylic acids is 1. The van der Waals surface area contributed by atoms with Crippen molar-refractivity contribution in [3.8, 4) is 11.1 Å². The van der Waals surface area contributed by atoms with Crippen LogP contribution in [-0.2, 0) is 14.1 Å². The Morgan fingerprint density at radius 3 is 2.26 bits per heavy atom. The summed E-state index contributed by atoms with van der Waals surface area (Å²) in [5, 5.41) is 2.95. The van der Waals surface area contributed by atoms with Crippen LogP contribution in [0.25, 0.3) is 22.2 Å². The predicted molar refractivity (Wildman–Crippen MR) is 108 cm³/mol. The minimum Gasteiger partial charge on any atom is -0.322 e. The second-order valence-electron chi connectivity index (χ2n) is 6.47. The molecule has 3 aromatic carbocycles. The van der Waals surface area contributed by atoms with Gasteiger partial charge in [0.2, 0.25) is 0 Å². The van der Waals surface area contributed by atoms with Crippen molar-refractivity contribution >= 4 is 22.6 Å². The first-order valence-corrected chi connectivity index (χ1v) is 8.67. The number of fused-ring (bicyclic) bond motifs is 1. The molecule has 4 aromatic rings. The number of amides is 1. The molecule has 5 nitrogen and oxygen atoms in total. The Kier molecular flexibility index (Phi) is 4.12. The summed E-state index contributed by atoms with van der Waals surface area (Å²) in [5.41, 5.74) is 4.62. The monoisotopic (exact) mass is 357 g/mol. The highest BCUT2D eigenvalue weighted by atomic mass is 16.2. The number of hydrogen-bond acceptors (Lipinski definition) is 2. The molecule has 0 saturated carbocycles. The molecule has 1 aromatic heterocycles. The van der Waals surface area contributed by atoms with Crippen molar-refractivity contribution in [1.82, 2.24) is 9.13 Å². The van der Waals surface area contributed by atoms with E-state index in [9.17, 15) is 9.59 Å². The molecule has 0 aliphatic rings. The minimum absolute atomic E-state index is 0.0945. The molecular weight excluding hydrogens is 338 g/mol. The Hall–Kier alpha value is -3.60. The van der Waals surface area contributed by atoms with Gasteiger partial charge in [0, 0.05) is 25.3 Å². The largest absolute Gasteiger partial charge is 0.328 e. The summed E-state index contributed by atoms with van der Waals surface area (Å²) in [6, 6.07) is 22.8. The average Bonchev–Trinajstić information content (AvgIpc) is 2.92. The molecule has 0 atom stereocenters. The highest BCUT2D eigenvalue weighted by Gasteiger charge is 2.14. The summed E-state index contributed by atoms with van der Waals surface area (Å²) in [7, 11) is 3.46. The van der Waals surface area contributed by atoms with Crippen LogP contribution in [0.4, 0.5) is 5.69 Å². The van der Waals surface area contributed by atoms with Crippen LogP contribution < -0.4 is 11.0 Å². The van der Waals surface area contributed by atoms with Crippen LogP contribution >= 0.6 is 0 Å². The number of hydrogen-bond donors (Lipinski definition) is 1. The summed E-state index contributed by atoms with van der Waals surface area (Å²) in [5.74, 6) is -0.185. The van der Waals surface area contributed by atoms with Crippen LogP contribution in [-0.4, -0.2) is 15.0 Å². The van der Waals surface area contributed by atoms with Crippen molar-refractivity contribution in [3.63, 3.8) is 0 Å². The van der Waals surface area contributed by atoms with E-state index in [4.69, 9.17) is 0 Å². The maximum Gasteiger partial charge on any atom is 0.328 e. The van der Waals surface area contributed by atoms with Gasteiger partial charge in [0.15, 0.2) is 0 Å². The van der Waals surface area contributed by atoms with E-state index in [0.29, 0.717) is 11.3 Å². The van der Waals surface area contributed by atoms with Crippen LogP contribution in [0.5, 0.6) is 0 Å². The first-order chi connectivity index (χ1) is 13.1.